The van der Waals surface area contributed by atoms with Gasteiger partial charge in [-0.1, -0.05) is 58.5 Å². The van der Waals surface area contributed by atoms with E-state index in [1.165, 1.54) is 30.3 Å². The molecule has 0 radical (unpaired) electrons. The van der Waals surface area contributed by atoms with Crippen LogP contribution in [0.15, 0.2) is 65.2 Å². The minimum atomic E-state index is -0.569. The Hall–Kier alpha value is -3.30. The van der Waals surface area contributed by atoms with E-state index in [2.05, 4.69) is 10.4 Å². The van der Waals surface area contributed by atoms with Crippen molar-refractivity contribution in [1.82, 2.24) is 5.43 Å². The molecule has 0 unspecified atom stereocenters. The highest BCUT2D eigenvalue weighted by molar-refractivity contribution is 6.44. The number of amidine groups is 1. The molecule has 1 saturated heterocycles. The molecule has 0 aromatic heterocycles. The third kappa shape index (κ3) is 5.21. The van der Waals surface area contributed by atoms with Gasteiger partial charge in [-0.2, -0.15) is 0 Å². The molecule has 3 aromatic carbocycles. The van der Waals surface area contributed by atoms with Crippen molar-refractivity contribution in [3.63, 3.8) is 0 Å². The number of nitrogens with one attached hydrogen (secondary N) is 1. The molecule has 0 aliphatic carbocycles. The van der Waals surface area contributed by atoms with E-state index in [9.17, 15) is 14.9 Å². The normalized spacial score (nSPS) is 15.6. The molecule has 1 aliphatic heterocycles. The second-order valence-electron chi connectivity index (χ2n) is 7.15. The van der Waals surface area contributed by atoms with Crippen LogP contribution in [-0.2, 0) is 4.79 Å². The molecule has 12 heteroatoms. The summed E-state index contributed by atoms with van der Waals surface area (Å²) in [5, 5.41) is 13.1. The van der Waals surface area contributed by atoms with Gasteiger partial charge < -0.3 is 4.74 Å². The van der Waals surface area contributed by atoms with Crippen molar-refractivity contribution in [2.45, 2.75) is 0 Å². The van der Waals surface area contributed by atoms with Gasteiger partial charge in [0, 0.05) is 17.2 Å². The average molecular weight is 552 g/mol. The molecule has 0 saturated carbocycles. The molecule has 0 atom stereocenters. The molecule has 1 heterocycles. The van der Waals surface area contributed by atoms with E-state index in [0.29, 0.717) is 16.3 Å². The third-order valence-electron chi connectivity index (χ3n) is 4.91. The Labute approximate surface area is 219 Å². The maximum absolute atomic E-state index is 13.5. The van der Waals surface area contributed by atoms with E-state index in [1.54, 1.807) is 37.5 Å². The summed E-state index contributed by atoms with van der Waals surface area (Å²) in [4.78, 5) is 28.6. The second kappa shape index (κ2) is 10.1. The first-order valence-corrected chi connectivity index (χ1v) is 11.3. The number of rotatable bonds is 5. The van der Waals surface area contributed by atoms with Crippen LogP contribution in [0.5, 0.6) is 5.75 Å². The average Bonchev–Trinajstić information content (AvgIpc) is 3.09. The Bertz CT molecular complexity index is 1380. The molecular weight excluding hydrogens is 538 g/mol. The largest absolute Gasteiger partial charge is 0.497 e. The van der Waals surface area contributed by atoms with E-state index in [0.717, 1.165) is 5.01 Å². The Morgan fingerprint density at radius 2 is 1.66 bits per heavy atom. The van der Waals surface area contributed by atoms with Crippen molar-refractivity contribution in [3.8, 4) is 5.75 Å². The van der Waals surface area contributed by atoms with Crippen molar-refractivity contribution in [2.75, 3.05) is 12.1 Å². The summed E-state index contributed by atoms with van der Waals surface area (Å²) in [6.45, 7) is 0. The first-order chi connectivity index (χ1) is 16.7. The van der Waals surface area contributed by atoms with Gasteiger partial charge in [0.05, 0.1) is 38.4 Å². The van der Waals surface area contributed by atoms with Crippen LogP contribution in [0.2, 0.25) is 20.1 Å². The van der Waals surface area contributed by atoms with Crippen molar-refractivity contribution >= 4 is 81.3 Å². The molecule has 4 rings (SSSR count). The van der Waals surface area contributed by atoms with Gasteiger partial charge >= 0.3 is 0 Å². The summed E-state index contributed by atoms with van der Waals surface area (Å²) < 4.78 is 5.17. The highest BCUT2D eigenvalue weighted by Gasteiger charge is 2.35. The number of carbonyl (C=O) groups excluding carboxylic acids is 1. The number of hydrogen-bond donors (Lipinski definition) is 1. The molecule has 35 heavy (non-hydrogen) atoms. The topological polar surface area (TPSA) is 97.1 Å². The van der Waals surface area contributed by atoms with Crippen molar-refractivity contribution in [1.29, 1.82) is 0 Å². The minimum absolute atomic E-state index is 0.0790. The lowest BCUT2D eigenvalue weighted by molar-refractivity contribution is -0.384. The van der Waals surface area contributed by atoms with Crippen LogP contribution in [0.25, 0.3) is 6.08 Å². The minimum Gasteiger partial charge on any atom is -0.497 e. The number of aliphatic imine (C=N–C) groups is 1. The number of non-ortho nitro benzene ring substituents is 1. The first kappa shape index (κ1) is 24.8. The molecule has 1 N–H and O–H groups in total. The van der Waals surface area contributed by atoms with Gasteiger partial charge in [-0.3, -0.25) is 20.3 Å². The van der Waals surface area contributed by atoms with Crippen molar-refractivity contribution in [2.24, 2.45) is 4.99 Å². The van der Waals surface area contributed by atoms with Crippen molar-refractivity contribution < 1.29 is 14.5 Å². The number of nitro groups is 1. The number of halogens is 4. The molecule has 1 amide bonds. The fraction of sp³-hybridized carbons (Fsp3) is 0.0435. The van der Waals surface area contributed by atoms with Gasteiger partial charge in [-0.15, -0.1) is 0 Å². The molecule has 8 nitrogen and oxygen atoms in total. The number of amides is 1. The molecule has 3 aromatic rings. The predicted octanol–water partition coefficient (Wildman–Crippen LogP) is 6.88. The number of nitro benzene ring substituents is 1. The smallest absolute Gasteiger partial charge is 0.280 e. The lowest BCUT2D eigenvalue weighted by Gasteiger charge is -2.18. The van der Waals surface area contributed by atoms with E-state index >= 15 is 0 Å². The lowest BCUT2D eigenvalue weighted by atomic mass is 10.1. The molecule has 178 valence electrons. The quantitative estimate of drug-likeness (QED) is 0.212. The summed E-state index contributed by atoms with van der Waals surface area (Å²) in [6.07, 6.45) is 1.59. The number of hydrazine groups is 1. The predicted molar refractivity (Wildman–Crippen MR) is 138 cm³/mol. The fourth-order valence-corrected chi connectivity index (χ4v) is 4.39. The van der Waals surface area contributed by atoms with E-state index < -0.39 is 10.8 Å². The van der Waals surface area contributed by atoms with Crippen LogP contribution in [0.4, 0.5) is 17.1 Å². The summed E-state index contributed by atoms with van der Waals surface area (Å²) in [5.74, 6) is 0.198. The number of carbonyl (C=O) groups is 1. The number of methoxy groups -OCH3 is 1. The zero-order chi connectivity index (χ0) is 25.3. The maximum Gasteiger partial charge on any atom is 0.280 e. The number of ether oxygens (including phenoxy) is 1. The van der Waals surface area contributed by atoms with E-state index in [-0.39, 0.29) is 43.5 Å². The highest BCUT2D eigenvalue weighted by atomic mass is 35.5. The Morgan fingerprint density at radius 3 is 2.26 bits per heavy atom. The van der Waals surface area contributed by atoms with Gasteiger partial charge in [-0.25, -0.2) is 10.0 Å². The highest BCUT2D eigenvalue weighted by Crippen LogP contribution is 2.39. The SMILES string of the molecule is COc1ccc(C=C2C(=O)N(c3c(Cl)cc(Cl)cc3Cl)NC2=Nc2cc([N+](=O)[O-])ccc2Cl)cc1. The summed E-state index contributed by atoms with van der Waals surface area (Å²) in [5.41, 5.74) is 3.73. The third-order valence-corrected chi connectivity index (χ3v) is 6.03. The number of benzene rings is 3. The van der Waals surface area contributed by atoms with Crippen LogP contribution in [0.3, 0.4) is 0 Å². The van der Waals surface area contributed by atoms with Crippen LogP contribution in [0.1, 0.15) is 5.56 Å². The monoisotopic (exact) mass is 550 g/mol. The molecule has 0 bridgehead atoms. The number of anilines is 1. The Morgan fingerprint density at radius 1 is 1.00 bits per heavy atom. The van der Waals surface area contributed by atoms with Gasteiger partial charge in [0.1, 0.15) is 11.4 Å². The molecule has 0 spiro atoms. The van der Waals surface area contributed by atoms with Crippen LogP contribution >= 0.6 is 46.4 Å². The van der Waals surface area contributed by atoms with Gasteiger partial charge in [0.2, 0.25) is 0 Å². The van der Waals surface area contributed by atoms with Gasteiger partial charge in [-0.05, 0) is 42.0 Å². The summed E-state index contributed by atoms with van der Waals surface area (Å²) in [7, 11) is 1.54. The second-order valence-corrected chi connectivity index (χ2v) is 8.81. The Kier molecular flexibility index (Phi) is 7.18. The number of nitrogens with zero attached hydrogens (tertiary/aromatic N) is 3. The standard InChI is InChI=1S/C23H14Cl4N4O4/c1-35-15-5-2-12(3-6-15)8-16-22(28-20-11-14(31(33)34)4-7-17(20)25)29-30(23(16)32)21-18(26)9-13(24)10-19(21)27/h2-11H,1H3,(H,28,29). The van der Waals surface area contributed by atoms with E-state index in [4.69, 9.17) is 51.1 Å². The van der Waals surface area contributed by atoms with Crippen LogP contribution < -0.4 is 15.2 Å². The molecule has 1 fully saturated rings. The summed E-state index contributed by atoms with van der Waals surface area (Å²) >= 11 is 24.9. The zero-order valence-electron chi connectivity index (χ0n) is 17.8. The van der Waals surface area contributed by atoms with Gasteiger partial charge in [0.25, 0.3) is 11.6 Å². The molecular formula is C23H14Cl4N4O4. The fourth-order valence-electron chi connectivity index (χ4n) is 3.25. The van der Waals surface area contributed by atoms with Crippen molar-refractivity contribution in [3.05, 3.63) is 95.9 Å². The molecule has 1 aliphatic rings. The first-order valence-electron chi connectivity index (χ1n) is 9.82. The zero-order valence-corrected chi connectivity index (χ0v) is 20.8. The van der Waals surface area contributed by atoms with Crippen LogP contribution in [0, 0.1) is 10.1 Å². The summed E-state index contributed by atoms with van der Waals surface area (Å²) in [6, 6.07) is 13.7. The lowest BCUT2D eigenvalue weighted by Crippen LogP contribution is -2.36. The maximum atomic E-state index is 13.5. The van der Waals surface area contributed by atoms with E-state index in [1.807, 2.05) is 0 Å². The van der Waals surface area contributed by atoms with Gasteiger partial charge in [0.15, 0.2) is 5.84 Å². The van der Waals surface area contributed by atoms with Crippen LogP contribution in [-0.4, -0.2) is 23.8 Å². The Balaban J connectivity index is 1.86. The number of hydrogen-bond acceptors (Lipinski definition) is 5.